The average Bonchev–Trinajstić information content (AvgIpc) is 2.98. The van der Waals surface area contributed by atoms with Gasteiger partial charge in [0.15, 0.2) is 0 Å². The molecule has 0 N–H and O–H groups in total. The van der Waals surface area contributed by atoms with Crippen LogP contribution in [0.1, 0.15) is 41.6 Å². The molecule has 7 heteroatoms. The second-order valence-corrected chi connectivity index (χ2v) is 11.2. The molecule has 174 valence electrons. The van der Waals surface area contributed by atoms with E-state index in [2.05, 4.69) is 11.9 Å². The monoisotopic (exact) mass is 484 g/mol. The van der Waals surface area contributed by atoms with Gasteiger partial charge in [0.2, 0.25) is 0 Å². The first kappa shape index (κ1) is 21.6. The Kier molecular flexibility index (Phi) is 5.71. The van der Waals surface area contributed by atoms with Gasteiger partial charge in [-0.05, 0) is 81.1 Å². The molecule has 33 heavy (non-hydrogen) atoms. The molecule has 1 amide bonds. The number of thioether (sulfide) groups is 1. The van der Waals surface area contributed by atoms with E-state index in [1.165, 1.54) is 12.8 Å². The van der Waals surface area contributed by atoms with Crippen molar-refractivity contribution in [2.45, 2.75) is 56.4 Å². The number of carbonyl (C=O) groups is 1. The Hall–Kier alpha value is -1.89. The predicted octanol–water partition coefficient (Wildman–Crippen LogP) is 5.04. The van der Waals surface area contributed by atoms with E-state index in [1.54, 1.807) is 0 Å². The van der Waals surface area contributed by atoms with Crippen molar-refractivity contribution in [2.75, 3.05) is 30.0 Å². The molecule has 0 aliphatic carbocycles. The van der Waals surface area contributed by atoms with Crippen LogP contribution in [0, 0.1) is 0 Å². The van der Waals surface area contributed by atoms with Crippen LogP contribution in [0.4, 0.5) is 5.69 Å². The lowest BCUT2D eigenvalue weighted by Crippen LogP contribution is -2.43. The number of nitrogens with zero attached hydrogens (tertiary/aromatic N) is 2. The maximum absolute atomic E-state index is 13.2. The van der Waals surface area contributed by atoms with Crippen molar-refractivity contribution in [2.24, 2.45) is 0 Å². The summed E-state index contributed by atoms with van der Waals surface area (Å²) in [5.74, 6) is 3.69. The third-order valence-electron chi connectivity index (χ3n) is 7.64. The molecule has 6 rings (SSSR count). The summed E-state index contributed by atoms with van der Waals surface area (Å²) in [5.41, 5.74) is 2.62. The number of amides is 1. The minimum atomic E-state index is 0.0126. The topological polar surface area (TPSA) is 42.0 Å². The van der Waals surface area contributed by atoms with E-state index in [4.69, 9.17) is 21.1 Å². The summed E-state index contributed by atoms with van der Waals surface area (Å²) in [6.07, 6.45) is 5.94. The fourth-order valence-corrected chi connectivity index (χ4v) is 6.43. The molecule has 2 aromatic rings. The average molecular weight is 485 g/mol. The summed E-state index contributed by atoms with van der Waals surface area (Å²) in [4.78, 5) is 17.6. The summed E-state index contributed by atoms with van der Waals surface area (Å²) >= 11 is 8.53. The van der Waals surface area contributed by atoms with Gasteiger partial charge < -0.3 is 19.3 Å². The molecule has 2 unspecified atom stereocenters. The Morgan fingerprint density at radius 3 is 2.48 bits per heavy atom. The van der Waals surface area contributed by atoms with Gasteiger partial charge in [0.25, 0.3) is 5.91 Å². The molecule has 2 aromatic carbocycles. The molecular formula is C26H29ClN2O3S. The number of benzene rings is 2. The highest BCUT2D eigenvalue weighted by atomic mass is 35.5. The van der Waals surface area contributed by atoms with E-state index < -0.39 is 0 Å². The van der Waals surface area contributed by atoms with Crippen molar-refractivity contribution in [1.82, 2.24) is 4.90 Å². The van der Waals surface area contributed by atoms with E-state index in [1.807, 2.05) is 53.1 Å². The minimum Gasteiger partial charge on any atom is -0.489 e. The van der Waals surface area contributed by atoms with Gasteiger partial charge in [0, 0.05) is 41.4 Å². The van der Waals surface area contributed by atoms with Crippen LogP contribution in [-0.4, -0.2) is 60.2 Å². The fraction of sp³-hybridized carbons (Fsp3) is 0.500. The Balaban J connectivity index is 1.15. The third-order valence-corrected chi connectivity index (χ3v) is 9.15. The maximum Gasteiger partial charge on any atom is 0.258 e. The molecule has 3 fully saturated rings. The Morgan fingerprint density at radius 1 is 1.00 bits per heavy atom. The molecule has 0 aromatic heterocycles. The quantitative estimate of drug-likeness (QED) is 0.594. The first-order valence-electron chi connectivity index (χ1n) is 11.9. The van der Waals surface area contributed by atoms with Crippen LogP contribution in [0.15, 0.2) is 36.4 Å². The number of anilines is 1. The normalized spacial score (nSPS) is 27.3. The van der Waals surface area contributed by atoms with Crippen molar-refractivity contribution >= 4 is 35.0 Å². The molecular weight excluding hydrogens is 456 g/mol. The molecule has 5 nitrogen and oxygen atoms in total. The van der Waals surface area contributed by atoms with Gasteiger partial charge in [-0.1, -0.05) is 11.6 Å². The lowest BCUT2D eigenvalue weighted by atomic mass is 9.98. The molecule has 0 saturated carbocycles. The smallest absolute Gasteiger partial charge is 0.258 e. The standard InChI is InChI=1S/C26H29ClN2O3S/c1-28-17-2-3-18(28)12-21(11-17)32-25-7-4-19(13-24(25)27)29-9-8-16-10-20(31-22-14-33-15-22)5-6-23(16)26(29)30/h4-7,10,13,17-18,21-22H,2-3,8-9,11-12,14-15H2,1H3. The van der Waals surface area contributed by atoms with Gasteiger partial charge in [0.05, 0.1) is 5.02 Å². The molecule has 3 saturated heterocycles. The molecule has 2 bridgehead atoms. The molecule has 4 aliphatic rings. The van der Waals surface area contributed by atoms with Crippen LogP contribution < -0.4 is 14.4 Å². The van der Waals surface area contributed by atoms with E-state index in [-0.39, 0.29) is 12.0 Å². The number of piperidine rings is 1. The van der Waals surface area contributed by atoms with E-state index >= 15 is 0 Å². The van der Waals surface area contributed by atoms with Crippen molar-refractivity contribution < 1.29 is 14.3 Å². The number of hydrogen-bond donors (Lipinski definition) is 0. The second-order valence-electron chi connectivity index (χ2n) is 9.68. The molecule has 0 radical (unpaired) electrons. The van der Waals surface area contributed by atoms with Crippen molar-refractivity contribution in [3.63, 3.8) is 0 Å². The largest absolute Gasteiger partial charge is 0.489 e. The molecule has 2 atom stereocenters. The van der Waals surface area contributed by atoms with E-state index in [0.717, 1.165) is 59.1 Å². The zero-order chi connectivity index (χ0) is 22.5. The first-order valence-corrected chi connectivity index (χ1v) is 13.5. The molecule has 4 aliphatic heterocycles. The highest BCUT2D eigenvalue weighted by molar-refractivity contribution is 8.00. The Bertz CT molecular complexity index is 1060. The van der Waals surface area contributed by atoms with Crippen molar-refractivity contribution in [3.8, 4) is 11.5 Å². The fourth-order valence-electron chi connectivity index (χ4n) is 5.65. The number of halogens is 1. The van der Waals surface area contributed by atoms with E-state index in [9.17, 15) is 4.79 Å². The lowest BCUT2D eigenvalue weighted by molar-refractivity contribution is 0.0662. The van der Waals surface area contributed by atoms with Gasteiger partial charge in [-0.3, -0.25) is 4.79 Å². The summed E-state index contributed by atoms with van der Waals surface area (Å²) in [6.45, 7) is 0.628. The Morgan fingerprint density at radius 2 is 1.79 bits per heavy atom. The maximum atomic E-state index is 13.2. The lowest BCUT2D eigenvalue weighted by Gasteiger charge is -2.36. The van der Waals surface area contributed by atoms with Crippen LogP contribution in [0.25, 0.3) is 0 Å². The first-order chi connectivity index (χ1) is 16.0. The molecule has 4 heterocycles. The number of rotatable bonds is 5. The van der Waals surface area contributed by atoms with Crippen LogP contribution >= 0.6 is 23.4 Å². The van der Waals surface area contributed by atoms with Gasteiger partial charge in [-0.25, -0.2) is 0 Å². The number of carbonyl (C=O) groups excluding carboxylic acids is 1. The summed E-state index contributed by atoms with van der Waals surface area (Å²) in [7, 11) is 2.23. The minimum absolute atomic E-state index is 0.0126. The summed E-state index contributed by atoms with van der Waals surface area (Å²) < 4.78 is 12.3. The highest BCUT2D eigenvalue weighted by Gasteiger charge is 2.39. The van der Waals surface area contributed by atoms with Crippen LogP contribution in [0.5, 0.6) is 11.5 Å². The van der Waals surface area contributed by atoms with E-state index in [0.29, 0.717) is 29.8 Å². The highest BCUT2D eigenvalue weighted by Crippen LogP contribution is 2.38. The van der Waals surface area contributed by atoms with Gasteiger partial charge in [0.1, 0.15) is 23.7 Å². The third kappa shape index (κ3) is 4.11. The van der Waals surface area contributed by atoms with Gasteiger partial charge >= 0.3 is 0 Å². The SMILES string of the molecule is CN1C2CCC1CC(Oc1ccc(N3CCc4cc(OC5CSC5)ccc4C3=O)cc1Cl)C2. The summed E-state index contributed by atoms with van der Waals surface area (Å²) in [5, 5.41) is 0.569. The second kappa shape index (κ2) is 8.71. The molecule has 0 spiro atoms. The van der Waals surface area contributed by atoms with Crippen molar-refractivity contribution in [3.05, 3.63) is 52.5 Å². The zero-order valence-corrected chi connectivity index (χ0v) is 20.4. The predicted molar refractivity (Wildman–Crippen MR) is 133 cm³/mol. The van der Waals surface area contributed by atoms with Crippen LogP contribution in [0.2, 0.25) is 5.02 Å². The number of hydrogen-bond acceptors (Lipinski definition) is 5. The van der Waals surface area contributed by atoms with Crippen LogP contribution in [0.3, 0.4) is 0 Å². The zero-order valence-electron chi connectivity index (χ0n) is 18.8. The van der Waals surface area contributed by atoms with Crippen molar-refractivity contribution in [1.29, 1.82) is 0 Å². The van der Waals surface area contributed by atoms with Gasteiger partial charge in [-0.15, -0.1) is 0 Å². The van der Waals surface area contributed by atoms with Gasteiger partial charge in [-0.2, -0.15) is 11.8 Å². The van der Waals surface area contributed by atoms with Crippen LogP contribution in [-0.2, 0) is 6.42 Å². The number of fused-ring (bicyclic) bond motifs is 3. The summed E-state index contributed by atoms with van der Waals surface area (Å²) in [6, 6.07) is 12.8. The Labute approximate surface area is 204 Å². The number of ether oxygens (including phenoxy) is 2.